The van der Waals surface area contributed by atoms with Crippen molar-refractivity contribution in [1.82, 2.24) is 19.7 Å². The number of rotatable bonds is 8. The van der Waals surface area contributed by atoms with Crippen molar-refractivity contribution in [3.63, 3.8) is 0 Å². The average Bonchev–Trinajstić information content (AvgIpc) is 3.10. The summed E-state index contributed by atoms with van der Waals surface area (Å²) in [5.74, 6) is 2.11. The first kappa shape index (κ1) is 18.3. The molecule has 1 aromatic carbocycles. The molecule has 27 heavy (non-hydrogen) atoms. The monoisotopic (exact) mass is 363 g/mol. The van der Waals surface area contributed by atoms with Crippen molar-refractivity contribution in [2.24, 2.45) is 0 Å². The molecule has 0 saturated carbocycles. The standard InChI is InChI=1S/C20H21N5O2/c1-3-13-25-18(23-24-20(25)15-5-4-12-21-14-15)10-11-19(26)22-16-6-8-17(27-2)9-7-16/h3-9,12,14H,1,10-11,13H2,2H3,(H,22,26). The van der Waals surface area contributed by atoms with E-state index in [1.807, 2.05) is 16.7 Å². The molecule has 1 N–H and O–H groups in total. The Bertz CT molecular complexity index is 904. The van der Waals surface area contributed by atoms with E-state index in [0.717, 1.165) is 22.8 Å². The number of aromatic nitrogens is 4. The predicted molar refractivity (Wildman–Crippen MR) is 103 cm³/mol. The lowest BCUT2D eigenvalue weighted by Gasteiger charge is -2.09. The fraction of sp³-hybridized carbons (Fsp3) is 0.200. The molecule has 0 aliphatic rings. The van der Waals surface area contributed by atoms with E-state index in [4.69, 9.17) is 4.74 Å². The maximum absolute atomic E-state index is 12.3. The van der Waals surface area contributed by atoms with Gasteiger partial charge >= 0.3 is 0 Å². The van der Waals surface area contributed by atoms with Crippen molar-refractivity contribution in [2.45, 2.75) is 19.4 Å². The number of pyridine rings is 1. The molecule has 7 nitrogen and oxygen atoms in total. The first-order valence-electron chi connectivity index (χ1n) is 8.58. The number of nitrogens with one attached hydrogen (secondary N) is 1. The summed E-state index contributed by atoms with van der Waals surface area (Å²) in [6.07, 6.45) is 6.01. The second-order valence-corrected chi connectivity index (χ2v) is 5.86. The molecule has 138 valence electrons. The van der Waals surface area contributed by atoms with Gasteiger partial charge in [-0.05, 0) is 36.4 Å². The van der Waals surface area contributed by atoms with Crippen molar-refractivity contribution in [3.05, 3.63) is 67.3 Å². The van der Waals surface area contributed by atoms with Gasteiger partial charge in [-0.25, -0.2) is 0 Å². The topological polar surface area (TPSA) is 81.9 Å². The maximum Gasteiger partial charge on any atom is 0.224 e. The van der Waals surface area contributed by atoms with Gasteiger partial charge in [0.15, 0.2) is 5.82 Å². The van der Waals surface area contributed by atoms with Gasteiger partial charge in [-0.1, -0.05) is 6.08 Å². The molecular weight excluding hydrogens is 342 g/mol. The van der Waals surface area contributed by atoms with E-state index in [-0.39, 0.29) is 5.91 Å². The summed E-state index contributed by atoms with van der Waals surface area (Å²) in [6, 6.07) is 11.0. The Morgan fingerprint density at radius 1 is 1.26 bits per heavy atom. The number of amides is 1. The lowest BCUT2D eigenvalue weighted by Crippen LogP contribution is -2.14. The molecule has 7 heteroatoms. The van der Waals surface area contributed by atoms with Crippen LogP contribution in [0.3, 0.4) is 0 Å². The molecule has 0 atom stereocenters. The molecule has 2 aromatic heterocycles. The number of methoxy groups -OCH3 is 1. The second-order valence-electron chi connectivity index (χ2n) is 5.86. The molecular formula is C20H21N5O2. The van der Waals surface area contributed by atoms with E-state index in [9.17, 15) is 4.79 Å². The lowest BCUT2D eigenvalue weighted by atomic mass is 10.2. The minimum Gasteiger partial charge on any atom is -0.497 e. The minimum absolute atomic E-state index is 0.0868. The molecule has 0 aliphatic heterocycles. The van der Waals surface area contributed by atoms with E-state index < -0.39 is 0 Å². The molecule has 0 bridgehead atoms. The summed E-state index contributed by atoms with van der Waals surface area (Å²) in [4.78, 5) is 16.4. The molecule has 0 radical (unpaired) electrons. The number of hydrogen-bond donors (Lipinski definition) is 1. The fourth-order valence-electron chi connectivity index (χ4n) is 2.67. The molecule has 0 saturated heterocycles. The van der Waals surface area contributed by atoms with Crippen LogP contribution in [0.5, 0.6) is 5.75 Å². The molecule has 1 amide bonds. The number of hydrogen-bond acceptors (Lipinski definition) is 5. The number of anilines is 1. The van der Waals surface area contributed by atoms with Gasteiger partial charge in [-0.15, -0.1) is 16.8 Å². The van der Waals surface area contributed by atoms with E-state index in [0.29, 0.717) is 25.2 Å². The second kappa shape index (κ2) is 8.75. The quantitative estimate of drug-likeness (QED) is 0.622. The van der Waals surface area contributed by atoms with Crippen LogP contribution in [-0.2, 0) is 17.8 Å². The average molecular weight is 363 g/mol. The van der Waals surface area contributed by atoms with Crippen LogP contribution in [0.1, 0.15) is 12.2 Å². The highest BCUT2D eigenvalue weighted by molar-refractivity contribution is 5.90. The molecule has 2 heterocycles. The number of nitrogens with zero attached hydrogens (tertiary/aromatic N) is 4. The Kier molecular flexibility index (Phi) is 5.94. The third kappa shape index (κ3) is 4.58. The smallest absolute Gasteiger partial charge is 0.224 e. The number of benzene rings is 1. The van der Waals surface area contributed by atoms with Crippen LogP contribution in [0.15, 0.2) is 61.4 Å². The highest BCUT2D eigenvalue weighted by atomic mass is 16.5. The summed E-state index contributed by atoms with van der Waals surface area (Å²) in [5, 5.41) is 11.4. The van der Waals surface area contributed by atoms with Gasteiger partial charge in [0.1, 0.15) is 11.6 Å². The number of carbonyl (C=O) groups is 1. The van der Waals surface area contributed by atoms with E-state index in [1.165, 1.54) is 0 Å². The van der Waals surface area contributed by atoms with Crippen molar-refractivity contribution < 1.29 is 9.53 Å². The van der Waals surface area contributed by atoms with Crippen molar-refractivity contribution in [2.75, 3.05) is 12.4 Å². The van der Waals surface area contributed by atoms with Gasteiger partial charge in [-0.2, -0.15) is 0 Å². The fourth-order valence-corrected chi connectivity index (χ4v) is 2.67. The Labute approximate surface area is 157 Å². The summed E-state index contributed by atoms with van der Waals surface area (Å²) in [5.41, 5.74) is 1.60. The summed E-state index contributed by atoms with van der Waals surface area (Å²) < 4.78 is 7.06. The molecule has 0 aliphatic carbocycles. The maximum atomic E-state index is 12.3. The Hall–Kier alpha value is -3.48. The van der Waals surface area contributed by atoms with Crippen molar-refractivity contribution in [1.29, 1.82) is 0 Å². The van der Waals surface area contributed by atoms with E-state index >= 15 is 0 Å². The predicted octanol–water partition coefficient (Wildman–Crippen LogP) is 3.11. The first-order valence-corrected chi connectivity index (χ1v) is 8.58. The zero-order valence-corrected chi connectivity index (χ0v) is 15.1. The van der Waals surface area contributed by atoms with Gasteiger partial charge in [0.05, 0.1) is 7.11 Å². The largest absolute Gasteiger partial charge is 0.497 e. The lowest BCUT2D eigenvalue weighted by molar-refractivity contribution is -0.116. The highest BCUT2D eigenvalue weighted by Gasteiger charge is 2.14. The molecule has 3 aromatic rings. The molecule has 3 rings (SSSR count). The number of allylic oxidation sites excluding steroid dienone is 1. The Balaban J connectivity index is 1.67. The zero-order valence-electron chi connectivity index (χ0n) is 15.1. The highest BCUT2D eigenvalue weighted by Crippen LogP contribution is 2.19. The Morgan fingerprint density at radius 3 is 2.74 bits per heavy atom. The molecule has 0 fully saturated rings. The van der Waals surface area contributed by atoms with Crippen molar-refractivity contribution >= 4 is 11.6 Å². The van der Waals surface area contributed by atoms with E-state index in [2.05, 4.69) is 27.1 Å². The normalized spacial score (nSPS) is 10.4. The van der Waals surface area contributed by atoms with Crippen LogP contribution >= 0.6 is 0 Å². The van der Waals surface area contributed by atoms with Crippen LogP contribution in [0.2, 0.25) is 0 Å². The van der Waals surface area contributed by atoms with Gasteiger partial charge < -0.3 is 14.6 Å². The van der Waals surface area contributed by atoms with Crippen LogP contribution < -0.4 is 10.1 Å². The molecule has 0 unspecified atom stereocenters. The minimum atomic E-state index is -0.0868. The van der Waals surface area contributed by atoms with Crippen molar-refractivity contribution in [3.8, 4) is 17.1 Å². The third-order valence-corrected chi connectivity index (χ3v) is 4.01. The zero-order chi connectivity index (χ0) is 19.1. The number of aryl methyl sites for hydroxylation is 1. The van der Waals surface area contributed by atoms with Gasteiger partial charge in [0.25, 0.3) is 0 Å². The van der Waals surface area contributed by atoms with E-state index in [1.54, 1.807) is 49.8 Å². The molecule has 0 spiro atoms. The van der Waals surface area contributed by atoms with Gasteiger partial charge in [-0.3, -0.25) is 9.78 Å². The SMILES string of the molecule is C=CCn1c(CCC(=O)Nc2ccc(OC)cc2)nnc1-c1cccnc1. The van der Waals surface area contributed by atoms with Gasteiger partial charge in [0.2, 0.25) is 5.91 Å². The van der Waals surface area contributed by atoms with Crippen LogP contribution in [0.4, 0.5) is 5.69 Å². The first-order chi connectivity index (χ1) is 13.2. The summed E-state index contributed by atoms with van der Waals surface area (Å²) in [7, 11) is 1.60. The third-order valence-electron chi connectivity index (χ3n) is 4.01. The number of carbonyl (C=O) groups excluding carboxylic acids is 1. The van der Waals surface area contributed by atoms with Crippen LogP contribution in [0.25, 0.3) is 11.4 Å². The Morgan fingerprint density at radius 2 is 2.07 bits per heavy atom. The summed E-state index contributed by atoms with van der Waals surface area (Å²) >= 11 is 0. The van der Waals surface area contributed by atoms with Crippen LogP contribution in [0, 0.1) is 0 Å². The summed E-state index contributed by atoms with van der Waals surface area (Å²) in [6.45, 7) is 4.36. The van der Waals surface area contributed by atoms with Crippen LogP contribution in [-0.4, -0.2) is 32.8 Å². The number of ether oxygens (including phenoxy) is 1. The van der Waals surface area contributed by atoms with Gasteiger partial charge in [0, 0.05) is 43.0 Å².